The van der Waals surface area contributed by atoms with Crippen molar-refractivity contribution in [3.63, 3.8) is 0 Å². The van der Waals surface area contributed by atoms with Gasteiger partial charge in [0.1, 0.15) is 0 Å². The molecule has 0 spiro atoms. The smallest absolute Gasteiger partial charge is 0.0983 e. The van der Waals surface area contributed by atoms with E-state index in [0.29, 0.717) is 12.1 Å². The Morgan fingerprint density at radius 3 is 2.95 bits per heavy atom. The number of hydrogen-bond donors (Lipinski definition) is 1. The van der Waals surface area contributed by atoms with Crippen LogP contribution in [0.5, 0.6) is 0 Å². The van der Waals surface area contributed by atoms with Crippen molar-refractivity contribution in [2.45, 2.75) is 51.4 Å². The van der Waals surface area contributed by atoms with Gasteiger partial charge in [0.2, 0.25) is 0 Å². The predicted octanol–water partition coefficient (Wildman–Crippen LogP) is 2.39. The molecule has 1 aromatic carbocycles. The van der Waals surface area contributed by atoms with E-state index in [-0.39, 0.29) is 0 Å². The molecule has 1 aromatic rings. The van der Waals surface area contributed by atoms with Gasteiger partial charge >= 0.3 is 0 Å². The lowest BCUT2D eigenvalue weighted by molar-refractivity contribution is -0.0801. The molecule has 0 aromatic heterocycles. The minimum absolute atomic E-state index is 0.310. The molecule has 2 aliphatic heterocycles. The number of fused-ring (bicyclic) bond motifs is 4. The largest absolute Gasteiger partial charge is 0.371 e. The zero-order valence-electron chi connectivity index (χ0n) is 12.3. The van der Waals surface area contributed by atoms with Crippen LogP contribution in [-0.2, 0) is 24.2 Å². The Bertz CT molecular complexity index is 512. The predicted molar refractivity (Wildman–Crippen MR) is 79.7 cm³/mol. The molecule has 3 aliphatic rings. The van der Waals surface area contributed by atoms with Gasteiger partial charge in [-0.3, -0.25) is 4.90 Å². The summed E-state index contributed by atoms with van der Waals surface area (Å²) in [5.74, 6) is 0. The van der Waals surface area contributed by atoms with Gasteiger partial charge < -0.3 is 10.1 Å². The number of ether oxygens (including phenoxy) is 1. The fourth-order valence-corrected chi connectivity index (χ4v) is 4.17. The van der Waals surface area contributed by atoms with Crippen LogP contribution in [-0.4, -0.2) is 30.6 Å². The van der Waals surface area contributed by atoms with E-state index in [1.807, 2.05) is 0 Å². The van der Waals surface area contributed by atoms with Crippen LogP contribution in [0.25, 0.3) is 0 Å². The molecule has 2 unspecified atom stereocenters. The number of hydrogen-bond acceptors (Lipinski definition) is 3. The van der Waals surface area contributed by atoms with Crippen molar-refractivity contribution in [3.05, 3.63) is 34.4 Å². The monoisotopic (exact) mass is 272 g/mol. The van der Waals surface area contributed by atoms with E-state index < -0.39 is 0 Å². The van der Waals surface area contributed by atoms with Crippen molar-refractivity contribution in [1.29, 1.82) is 0 Å². The summed E-state index contributed by atoms with van der Waals surface area (Å²) in [6.07, 6.45) is 4.02. The Morgan fingerprint density at radius 2 is 2.10 bits per heavy atom. The Kier molecular flexibility index (Phi) is 3.29. The lowest BCUT2D eigenvalue weighted by atomic mass is 9.82. The standard InChI is InChI=1S/C17H24N2O/c1-2-5-19-6-7-20-17-15-9-14-11-18-10-13(14)8-12(15)3-4-16(17)19/h8-9,16-18H,2-7,10-11H2,1H3. The van der Waals surface area contributed by atoms with E-state index in [0.717, 1.165) is 26.2 Å². The van der Waals surface area contributed by atoms with E-state index in [1.165, 1.54) is 48.1 Å². The average Bonchev–Trinajstić information content (AvgIpc) is 2.92. The first kappa shape index (κ1) is 12.8. The van der Waals surface area contributed by atoms with Crippen LogP contribution in [0, 0.1) is 0 Å². The Labute approximate surface area is 121 Å². The lowest BCUT2D eigenvalue weighted by Crippen LogP contribution is -2.49. The molecule has 3 heteroatoms. The van der Waals surface area contributed by atoms with Crippen molar-refractivity contribution in [2.75, 3.05) is 19.7 Å². The number of nitrogens with zero attached hydrogens (tertiary/aromatic N) is 1. The fraction of sp³-hybridized carbons (Fsp3) is 0.647. The molecule has 108 valence electrons. The molecule has 3 nitrogen and oxygen atoms in total. The van der Waals surface area contributed by atoms with Crippen LogP contribution in [0.4, 0.5) is 0 Å². The van der Waals surface area contributed by atoms with Crippen molar-refractivity contribution in [2.24, 2.45) is 0 Å². The highest BCUT2D eigenvalue weighted by Crippen LogP contribution is 2.39. The van der Waals surface area contributed by atoms with E-state index >= 15 is 0 Å². The first-order valence-electron chi connectivity index (χ1n) is 8.07. The van der Waals surface area contributed by atoms with Gasteiger partial charge in [0, 0.05) is 25.7 Å². The van der Waals surface area contributed by atoms with Crippen molar-refractivity contribution < 1.29 is 4.74 Å². The summed E-state index contributed by atoms with van der Waals surface area (Å²) >= 11 is 0. The molecule has 1 aliphatic carbocycles. The van der Waals surface area contributed by atoms with Crippen LogP contribution >= 0.6 is 0 Å². The molecule has 1 N–H and O–H groups in total. The molecular formula is C17H24N2O. The summed E-state index contributed by atoms with van der Waals surface area (Å²) < 4.78 is 6.18. The van der Waals surface area contributed by atoms with Gasteiger partial charge in [-0.1, -0.05) is 19.1 Å². The summed E-state index contributed by atoms with van der Waals surface area (Å²) in [6, 6.07) is 5.46. The van der Waals surface area contributed by atoms with Crippen LogP contribution in [0.1, 0.15) is 48.1 Å². The summed E-state index contributed by atoms with van der Waals surface area (Å²) in [5, 5.41) is 3.46. The minimum atomic E-state index is 0.310. The third kappa shape index (κ3) is 2.00. The summed E-state index contributed by atoms with van der Waals surface area (Å²) in [4.78, 5) is 2.66. The maximum Gasteiger partial charge on any atom is 0.0983 e. The summed E-state index contributed by atoms with van der Waals surface area (Å²) in [5.41, 5.74) is 6.00. The molecule has 20 heavy (non-hydrogen) atoms. The molecular weight excluding hydrogens is 248 g/mol. The van der Waals surface area contributed by atoms with Crippen LogP contribution in [0.3, 0.4) is 0 Å². The van der Waals surface area contributed by atoms with E-state index in [4.69, 9.17) is 4.74 Å². The highest BCUT2D eigenvalue weighted by molar-refractivity contribution is 5.43. The zero-order chi connectivity index (χ0) is 13.5. The molecule has 0 bridgehead atoms. The van der Waals surface area contributed by atoms with Crippen molar-refractivity contribution >= 4 is 0 Å². The Balaban J connectivity index is 1.69. The SMILES string of the molecule is CCCN1CCOC2c3cc4c(cc3CCC21)CNC4. The number of nitrogens with one attached hydrogen (secondary N) is 1. The molecule has 2 atom stereocenters. The molecule has 2 heterocycles. The Morgan fingerprint density at radius 1 is 1.25 bits per heavy atom. The van der Waals surface area contributed by atoms with Crippen LogP contribution in [0.2, 0.25) is 0 Å². The van der Waals surface area contributed by atoms with Crippen LogP contribution in [0.15, 0.2) is 12.1 Å². The zero-order valence-corrected chi connectivity index (χ0v) is 12.3. The second-order valence-corrected chi connectivity index (χ2v) is 6.36. The number of rotatable bonds is 2. The second kappa shape index (κ2) is 5.14. The number of aryl methyl sites for hydroxylation is 1. The third-order valence-electron chi connectivity index (χ3n) is 5.11. The van der Waals surface area contributed by atoms with Gasteiger partial charge in [0.15, 0.2) is 0 Å². The molecule has 4 rings (SSSR count). The normalized spacial score (nSPS) is 28.9. The topological polar surface area (TPSA) is 24.5 Å². The summed E-state index contributed by atoms with van der Waals surface area (Å²) in [6.45, 7) is 7.55. The van der Waals surface area contributed by atoms with Gasteiger partial charge in [0.25, 0.3) is 0 Å². The fourth-order valence-electron chi connectivity index (χ4n) is 4.17. The molecule has 1 saturated heterocycles. The maximum atomic E-state index is 6.18. The maximum absolute atomic E-state index is 6.18. The van der Waals surface area contributed by atoms with Gasteiger partial charge in [0.05, 0.1) is 12.7 Å². The van der Waals surface area contributed by atoms with Gasteiger partial charge in [-0.2, -0.15) is 0 Å². The van der Waals surface area contributed by atoms with Gasteiger partial charge in [-0.15, -0.1) is 0 Å². The van der Waals surface area contributed by atoms with Gasteiger partial charge in [-0.25, -0.2) is 0 Å². The highest BCUT2D eigenvalue weighted by Gasteiger charge is 2.37. The average molecular weight is 272 g/mol. The van der Waals surface area contributed by atoms with E-state index in [1.54, 1.807) is 0 Å². The molecule has 0 saturated carbocycles. The second-order valence-electron chi connectivity index (χ2n) is 6.36. The highest BCUT2D eigenvalue weighted by atomic mass is 16.5. The van der Waals surface area contributed by atoms with Crippen molar-refractivity contribution in [3.8, 4) is 0 Å². The Hall–Kier alpha value is -0.900. The first-order valence-corrected chi connectivity index (χ1v) is 8.07. The van der Waals surface area contributed by atoms with E-state index in [2.05, 4.69) is 29.3 Å². The lowest BCUT2D eigenvalue weighted by Gasteiger charge is -2.44. The number of benzene rings is 1. The van der Waals surface area contributed by atoms with Gasteiger partial charge in [-0.05, 0) is 48.1 Å². The molecule has 0 amide bonds. The van der Waals surface area contributed by atoms with Crippen LogP contribution < -0.4 is 5.32 Å². The minimum Gasteiger partial charge on any atom is -0.371 e. The van der Waals surface area contributed by atoms with E-state index in [9.17, 15) is 0 Å². The van der Waals surface area contributed by atoms with Crippen molar-refractivity contribution in [1.82, 2.24) is 10.2 Å². The number of morpholine rings is 1. The molecule has 0 radical (unpaired) electrons. The first-order chi connectivity index (χ1) is 9.86. The third-order valence-corrected chi connectivity index (χ3v) is 5.11. The quantitative estimate of drug-likeness (QED) is 0.894. The molecule has 1 fully saturated rings. The summed E-state index contributed by atoms with van der Waals surface area (Å²) in [7, 11) is 0.